The Kier molecular flexibility index (Phi) is 6.13. The lowest BCUT2D eigenvalue weighted by molar-refractivity contribution is -0.384. The Hall–Kier alpha value is -2.80. The first-order chi connectivity index (χ1) is 13.1. The molecule has 1 saturated heterocycles. The van der Waals surface area contributed by atoms with Crippen LogP contribution in [0.25, 0.3) is 0 Å². The topological polar surface area (TPSA) is 68.1 Å². The first-order valence-corrected chi connectivity index (χ1v) is 9.12. The van der Waals surface area contributed by atoms with Crippen LogP contribution in [0.4, 0.5) is 11.4 Å². The number of nitro benzene ring substituents is 1. The molecule has 0 aromatic heterocycles. The second kappa shape index (κ2) is 8.73. The minimum atomic E-state index is -0.368. The standard InChI is InChI=1S/C20H25N3O4/c1-3-27-20-14-16(4-9-19(20)26-2)15-21-10-12-22(13-11-21)17-5-7-18(8-6-17)23(24)25/h4-9,14H,3,10-13,15H2,1-2H3. The Morgan fingerprint density at radius 1 is 1.04 bits per heavy atom. The van der Waals surface area contributed by atoms with Crippen molar-refractivity contribution in [2.24, 2.45) is 0 Å². The van der Waals surface area contributed by atoms with Gasteiger partial charge in [0, 0.05) is 50.5 Å². The zero-order valence-corrected chi connectivity index (χ0v) is 15.8. The van der Waals surface area contributed by atoms with Crippen molar-refractivity contribution in [3.8, 4) is 11.5 Å². The molecule has 0 N–H and O–H groups in total. The lowest BCUT2D eigenvalue weighted by atomic mass is 10.1. The summed E-state index contributed by atoms with van der Waals surface area (Å²) in [5.74, 6) is 1.53. The van der Waals surface area contributed by atoms with Crippen LogP contribution in [0.3, 0.4) is 0 Å². The summed E-state index contributed by atoms with van der Waals surface area (Å²) < 4.78 is 11.0. The molecule has 144 valence electrons. The lowest BCUT2D eigenvalue weighted by Gasteiger charge is -2.36. The fourth-order valence-corrected chi connectivity index (χ4v) is 3.30. The number of non-ortho nitro benzene ring substituents is 1. The predicted octanol–water partition coefficient (Wildman–Crippen LogP) is 3.32. The molecule has 0 amide bonds. The molecule has 7 heteroatoms. The summed E-state index contributed by atoms with van der Waals surface area (Å²) in [6.45, 7) is 7.09. The summed E-state index contributed by atoms with van der Waals surface area (Å²) in [5.41, 5.74) is 2.35. The number of hydrogen-bond donors (Lipinski definition) is 0. The zero-order valence-electron chi connectivity index (χ0n) is 15.8. The van der Waals surface area contributed by atoms with E-state index in [1.54, 1.807) is 19.2 Å². The Bertz CT molecular complexity index is 771. The second-order valence-corrected chi connectivity index (χ2v) is 6.45. The van der Waals surface area contributed by atoms with Gasteiger partial charge in [-0.2, -0.15) is 0 Å². The van der Waals surface area contributed by atoms with Crippen molar-refractivity contribution in [2.45, 2.75) is 13.5 Å². The van der Waals surface area contributed by atoms with E-state index >= 15 is 0 Å². The number of piperazine rings is 1. The highest BCUT2D eigenvalue weighted by Gasteiger charge is 2.18. The molecule has 1 heterocycles. The molecule has 2 aromatic carbocycles. The minimum absolute atomic E-state index is 0.127. The van der Waals surface area contributed by atoms with E-state index in [0.29, 0.717) is 6.61 Å². The van der Waals surface area contributed by atoms with E-state index in [2.05, 4.69) is 15.9 Å². The first-order valence-electron chi connectivity index (χ1n) is 9.12. The van der Waals surface area contributed by atoms with Gasteiger partial charge in [-0.05, 0) is 36.8 Å². The van der Waals surface area contributed by atoms with Crippen molar-refractivity contribution in [2.75, 3.05) is 44.8 Å². The third-order valence-corrected chi connectivity index (χ3v) is 4.73. The zero-order chi connectivity index (χ0) is 19.2. The van der Waals surface area contributed by atoms with Gasteiger partial charge in [0.1, 0.15) is 0 Å². The molecule has 0 atom stereocenters. The van der Waals surface area contributed by atoms with Gasteiger partial charge >= 0.3 is 0 Å². The number of hydrogen-bond acceptors (Lipinski definition) is 6. The third kappa shape index (κ3) is 4.68. The van der Waals surface area contributed by atoms with E-state index in [9.17, 15) is 10.1 Å². The molecular weight excluding hydrogens is 346 g/mol. The first kappa shape index (κ1) is 19.0. The van der Waals surface area contributed by atoms with E-state index < -0.39 is 0 Å². The number of nitro groups is 1. The van der Waals surface area contributed by atoms with E-state index in [1.165, 1.54) is 5.56 Å². The number of anilines is 1. The molecule has 27 heavy (non-hydrogen) atoms. The van der Waals surface area contributed by atoms with Gasteiger partial charge in [0.05, 0.1) is 18.6 Å². The Morgan fingerprint density at radius 2 is 1.74 bits per heavy atom. The Labute approximate surface area is 159 Å². The predicted molar refractivity (Wildman–Crippen MR) is 105 cm³/mol. The van der Waals surface area contributed by atoms with E-state index in [-0.39, 0.29) is 10.6 Å². The highest BCUT2D eigenvalue weighted by molar-refractivity contribution is 5.51. The maximum Gasteiger partial charge on any atom is 0.269 e. The molecule has 1 aliphatic heterocycles. The van der Waals surface area contributed by atoms with Crippen LogP contribution in [0.15, 0.2) is 42.5 Å². The molecule has 1 aliphatic rings. The molecule has 0 unspecified atom stereocenters. The SMILES string of the molecule is CCOc1cc(CN2CCN(c3ccc([N+](=O)[O-])cc3)CC2)ccc1OC. The number of methoxy groups -OCH3 is 1. The average Bonchev–Trinajstić information content (AvgIpc) is 2.69. The molecule has 2 aromatic rings. The van der Waals surface area contributed by atoms with Gasteiger partial charge in [-0.25, -0.2) is 0 Å². The van der Waals surface area contributed by atoms with E-state index in [1.807, 2.05) is 31.2 Å². The number of rotatable bonds is 7. The fourth-order valence-electron chi connectivity index (χ4n) is 3.30. The summed E-state index contributed by atoms with van der Waals surface area (Å²) in [4.78, 5) is 15.1. The molecule has 3 rings (SSSR count). The van der Waals surface area contributed by atoms with Gasteiger partial charge in [0.25, 0.3) is 5.69 Å². The van der Waals surface area contributed by atoms with Crippen molar-refractivity contribution in [3.63, 3.8) is 0 Å². The summed E-state index contributed by atoms with van der Waals surface area (Å²) in [7, 11) is 1.65. The van der Waals surface area contributed by atoms with E-state index in [4.69, 9.17) is 9.47 Å². The van der Waals surface area contributed by atoms with Crippen molar-refractivity contribution >= 4 is 11.4 Å². The van der Waals surface area contributed by atoms with Crippen LogP contribution in [0.2, 0.25) is 0 Å². The van der Waals surface area contributed by atoms with Crippen molar-refractivity contribution in [3.05, 3.63) is 58.1 Å². The minimum Gasteiger partial charge on any atom is -0.493 e. The molecule has 0 radical (unpaired) electrons. The third-order valence-electron chi connectivity index (χ3n) is 4.73. The Morgan fingerprint density at radius 3 is 2.33 bits per heavy atom. The van der Waals surface area contributed by atoms with Crippen LogP contribution < -0.4 is 14.4 Å². The molecule has 1 fully saturated rings. The highest BCUT2D eigenvalue weighted by Crippen LogP contribution is 2.29. The quantitative estimate of drug-likeness (QED) is 0.549. The monoisotopic (exact) mass is 371 g/mol. The van der Waals surface area contributed by atoms with Gasteiger partial charge in [-0.1, -0.05) is 6.07 Å². The van der Waals surface area contributed by atoms with Crippen LogP contribution in [-0.2, 0) is 6.54 Å². The van der Waals surface area contributed by atoms with Gasteiger partial charge in [0.2, 0.25) is 0 Å². The summed E-state index contributed by atoms with van der Waals surface area (Å²) in [5, 5.41) is 10.8. The Balaban J connectivity index is 1.58. The normalized spacial score (nSPS) is 14.8. The number of benzene rings is 2. The van der Waals surface area contributed by atoms with Crippen molar-refractivity contribution in [1.82, 2.24) is 4.90 Å². The largest absolute Gasteiger partial charge is 0.493 e. The summed E-state index contributed by atoms with van der Waals surface area (Å²) in [6, 6.07) is 12.8. The average molecular weight is 371 g/mol. The lowest BCUT2D eigenvalue weighted by Crippen LogP contribution is -2.45. The van der Waals surface area contributed by atoms with Gasteiger partial charge in [-0.15, -0.1) is 0 Å². The molecule has 7 nitrogen and oxygen atoms in total. The summed E-state index contributed by atoms with van der Waals surface area (Å²) >= 11 is 0. The molecule has 0 aliphatic carbocycles. The van der Waals surface area contributed by atoms with Gasteiger partial charge in [-0.3, -0.25) is 15.0 Å². The van der Waals surface area contributed by atoms with Crippen LogP contribution in [0.5, 0.6) is 11.5 Å². The number of ether oxygens (including phenoxy) is 2. The van der Waals surface area contributed by atoms with Crippen molar-refractivity contribution < 1.29 is 14.4 Å². The highest BCUT2D eigenvalue weighted by atomic mass is 16.6. The maximum atomic E-state index is 10.8. The van der Waals surface area contributed by atoms with Crippen LogP contribution in [-0.4, -0.2) is 49.7 Å². The van der Waals surface area contributed by atoms with Crippen molar-refractivity contribution in [1.29, 1.82) is 0 Å². The smallest absolute Gasteiger partial charge is 0.269 e. The number of nitrogens with zero attached hydrogens (tertiary/aromatic N) is 3. The van der Waals surface area contributed by atoms with Crippen LogP contribution in [0, 0.1) is 10.1 Å². The van der Waals surface area contributed by atoms with Gasteiger partial charge in [0.15, 0.2) is 11.5 Å². The second-order valence-electron chi connectivity index (χ2n) is 6.45. The fraction of sp³-hybridized carbons (Fsp3) is 0.400. The van der Waals surface area contributed by atoms with Crippen LogP contribution >= 0.6 is 0 Å². The molecule has 0 saturated carbocycles. The van der Waals surface area contributed by atoms with Gasteiger partial charge < -0.3 is 14.4 Å². The maximum absolute atomic E-state index is 10.8. The summed E-state index contributed by atoms with van der Waals surface area (Å²) in [6.07, 6.45) is 0. The van der Waals surface area contributed by atoms with E-state index in [0.717, 1.165) is 49.9 Å². The molecule has 0 bridgehead atoms. The molecular formula is C20H25N3O4. The molecule has 0 spiro atoms. The van der Waals surface area contributed by atoms with Crippen LogP contribution in [0.1, 0.15) is 12.5 Å².